The van der Waals surface area contributed by atoms with Crippen molar-refractivity contribution < 1.29 is 28.2 Å². The van der Waals surface area contributed by atoms with Crippen LogP contribution >= 0.6 is 29.2 Å². The van der Waals surface area contributed by atoms with Crippen molar-refractivity contribution in [2.75, 3.05) is 24.9 Å². The third-order valence-electron chi connectivity index (χ3n) is 6.50. The maximum absolute atomic E-state index is 14.2. The quantitative estimate of drug-likeness (QED) is 0.154. The molecule has 1 fully saturated rings. The first-order valence-electron chi connectivity index (χ1n) is 13.0. The zero-order chi connectivity index (χ0) is 28.8. The summed E-state index contributed by atoms with van der Waals surface area (Å²) in [7, 11) is 1.18. The minimum absolute atomic E-state index is 0.0426. The number of fused-ring (bicyclic) bond motifs is 1. The van der Waals surface area contributed by atoms with Gasteiger partial charge in [0.1, 0.15) is 23.3 Å². The van der Waals surface area contributed by atoms with E-state index in [1.54, 1.807) is 59.3 Å². The van der Waals surface area contributed by atoms with Gasteiger partial charge in [0, 0.05) is 11.0 Å². The van der Waals surface area contributed by atoms with Crippen molar-refractivity contribution in [3.05, 3.63) is 72.3 Å². The fraction of sp³-hybridized carbons (Fsp3) is 0.370. The number of ether oxygens (including phenoxy) is 2. The molecule has 3 unspecified atom stereocenters. The largest absolute Gasteiger partial charge is 0.497 e. The van der Waals surface area contributed by atoms with Crippen molar-refractivity contribution in [2.45, 2.75) is 44.0 Å². The van der Waals surface area contributed by atoms with Crippen LogP contribution in [-0.4, -0.2) is 56.0 Å². The van der Waals surface area contributed by atoms with Crippen LogP contribution in [0.4, 0.5) is 5.82 Å². The molecule has 0 bridgehead atoms. The second-order valence-electron chi connectivity index (χ2n) is 9.50. The molecule has 3 N–H and O–H groups in total. The third kappa shape index (κ3) is 7.35. The standard InChI is InChI=1S/C27H32N5O6PS2/c1-18(12-32-16-31-25-26(28)29-15-30-27(25)32)36-17-39(34,37-21-9-7-20(35-2)8-10-21)38-22-11-24(41-40-14-22)23-6-4-3-5-19(23)13-33/h3-10,15-16,18,22,24,33H,11-14,17H2,1-2H3,(H2,28,29,30)/t18-,22?,24?,39?/m1/s1. The lowest BCUT2D eigenvalue weighted by Gasteiger charge is -2.32. The Morgan fingerprint density at radius 1 is 1.15 bits per heavy atom. The van der Waals surface area contributed by atoms with Crippen molar-refractivity contribution in [1.82, 2.24) is 19.5 Å². The molecule has 14 heteroatoms. The molecule has 0 aliphatic carbocycles. The summed E-state index contributed by atoms with van der Waals surface area (Å²) in [5, 5.41) is 9.90. The van der Waals surface area contributed by atoms with E-state index in [2.05, 4.69) is 15.0 Å². The SMILES string of the molecule is COc1ccc(OP(=O)(CO[C@H](C)Cn2cnc3c(N)ncnc32)OC2CSSC(c3ccccc3CO)C2)cc1. The van der Waals surface area contributed by atoms with E-state index >= 15 is 0 Å². The molecule has 0 radical (unpaired) electrons. The highest BCUT2D eigenvalue weighted by molar-refractivity contribution is 8.76. The summed E-state index contributed by atoms with van der Waals surface area (Å²) in [6.07, 6.45) is 2.65. The number of methoxy groups -OCH3 is 1. The van der Waals surface area contributed by atoms with Gasteiger partial charge in [0.25, 0.3) is 0 Å². The van der Waals surface area contributed by atoms with Gasteiger partial charge >= 0.3 is 7.60 Å². The van der Waals surface area contributed by atoms with E-state index in [4.69, 9.17) is 24.3 Å². The lowest BCUT2D eigenvalue weighted by atomic mass is 10.0. The van der Waals surface area contributed by atoms with Crippen LogP contribution in [0, 0.1) is 0 Å². The van der Waals surface area contributed by atoms with Crippen molar-refractivity contribution in [3.63, 3.8) is 0 Å². The van der Waals surface area contributed by atoms with Crippen molar-refractivity contribution in [1.29, 1.82) is 0 Å². The van der Waals surface area contributed by atoms with Crippen LogP contribution in [0.2, 0.25) is 0 Å². The monoisotopic (exact) mass is 617 g/mol. The van der Waals surface area contributed by atoms with E-state index in [0.717, 1.165) is 11.1 Å². The number of nitrogen functional groups attached to an aromatic ring is 1. The number of anilines is 1. The van der Waals surface area contributed by atoms with E-state index in [1.807, 2.05) is 35.8 Å². The zero-order valence-corrected chi connectivity index (χ0v) is 25.2. The molecule has 0 spiro atoms. The Kier molecular flexibility index (Phi) is 9.74. The molecule has 4 atom stereocenters. The van der Waals surface area contributed by atoms with Gasteiger partial charge in [-0.25, -0.2) is 19.5 Å². The Bertz CT molecular complexity index is 1510. The molecule has 0 amide bonds. The number of aromatic nitrogens is 4. The number of rotatable bonds is 12. The average molecular weight is 618 g/mol. The highest BCUT2D eigenvalue weighted by Crippen LogP contribution is 2.55. The van der Waals surface area contributed by atoms with Gasteiger partial charge in [0.2, 0.25) is 0 Å². The summed E-state index contributed by atoms with van der Waals surface area (Å²) >= 11 is 0. The summed E-state index contributed by atoms with van der Waals surface area (Å²) in [6.45, 7) is 2.22. The van der Waals surface area contributed by atoms with Crippen molar-refractivity contribution in [2.24, 2.45) is 0 Å². The number of hydrogen-bond acceptors (Lipinski definition) is 12. The molecular formula is C27H32N5O6PS2. The number of aliphatic hydroxyl groups excluding tert-OH is 1. The number of nitrogens with two attached hydrogens (primary N) is 1. The van der Waals surface area contributed by atoms with E-state index < -0.39 is 7.60 Å². The number of nitrogens with zero attached hydrogens (tertiary/aromatic N) is 4. The third-order valence-corrected chi connectivity index (χ3v) is 10.9. The van der Waals surface area contributed by atoms with Crippen LogP contribution < -0.4 is 15.0 Å². The second kappa shape index (κ2) is 13.5. The first kappa shape index (κ1) is 29.7. The summed E-state index contributed by atoms with van der Waals surface area (Å²) in [4.78, 5) is 12.5. The van der Waals surface area contributed by atoms with Crippen LogP contribution in [0.25, 0.3) is 11.2 Å². The number of aliphatic hydroxyl groups is 1. The Morgan fingerprint density at radius 3 is 2.71 bits per heavy atom. The number of hydrogen-bond donors (Lipinski definition) is 2. The molecule has 4 aromatic rings. The normalized spacial score (nSPS) is 19.5. The number of benzene rings is 2. The van der Waals surface area contributed by atoms with Crippen LogP contribution in [0.3, 0.4) is 0 Å². The first-order valence-corrected chi connectivity index (χ1v) is 17.1. The molecule has 41 heavy (non-hydrogen) atoms. The molecule has 2 aromatic heterocycles. The maximum Gasteiger partial charge on any atom is 0.405 e. The summed E-state index contributed by atoms with van der Waals surface area (Å²) in [5.74, 6) is 1.98. The van der Waals surface area contributed by atoms with Gasteiger partial charge in [0.05, 0.1) is 38.8 Å². The van der Waals surface area contributed by atoms with Gasteiger partial charge in [-0.05, 0) is 48.7 Å². The summed E-state index contributed by atoms with van der Waals surface area (Å²) in [6, 6.07) is 14.6. The van der Waals surface area contributed by atoms with Gasteiger partial charge in [-0.2, -0.15) is 0 Å². The minimum Gasteiger partial charge on any atom is -0.497 e. The molecule has 0 saturated carbocycles. The Morgan fingerprint density at radius 2 is 1.93 bits per heavy atom. The molecule has 1 aliphatic heterocycles. The lowest BCUT2D eigenvalue weighted by Crippen LogP contribution is -2.24. The number of imidazole rings is 1. The van der Waals surface area contributed by atoms with Crippen LogP contribution in [0.1, 0.15) is 29.7 Å². The Labute approximate surface area is 246 Å². The fourth-order valence-corrected chi connectivity index (χ4v) is 9.18. The van der Waals surface area contributed by atoms with E-state index in [0.29, 0.717) is 47.2 Å². The molecule has 5 rings (SSSR count). The van der Waals surface area contributed by atoms with Gasteiger partial charge in [-0.1, -0.05) is 45.9 Å². The molecule has 2 aromatic carbocycles. The summed E-state index contributed by atoms with van der Waals surface area (Å²) in [5.41, 5.74) is 8.94. The first-order chi connectivity index (χ1) is 19.9. The Hall–Kier alpha value is -2.80. The molecule has 3 heterocycles. The molecule has 218 valence electrons. The molecule has 1 aliphatic rings. The zero-order valence-electron chi connectivity index (χ0n) is 22.7. The topological polar surface area (TPSA) is 144 Å². The minimum atomic E-state index is -3.78. The van der Waals surface area contributed by atoms with Crippen LogP contribution in [-0.2, 0) is 27.0 Å². The maximum atomic E-state index is 14.2. The Balaban J connectivity index is 1.30. The smallest absolute Gasteiger partial charge is 0.405 e. The van der Waals surface area contributed by atoms with E-state index in [-0.39, 0.29) is 30.4 Å². The van der Waals surface area contributed by atoms with Gasteiger partial charge in [-0.15, -0.1) is 0 Å². The predicted molar refractivity (Wildman–Crippen MR) is 161 cm³/mol. The van der Waals surface area contributed by atoms with Crippen molar-refractivity contribution in [3.8, 4) is 11.5 Å². The van der Waals surface area contributed by atoms with Gasteiger partial charge in [-0.3, -0.25) is 4.52 Å². The molecular weight excluding hydrogens is 585 g/mol. The second-order valence-corrected chi connectivity index (χ2v) is 14.0. The average Bonchev–Trinajstić information content (AvgIpc) is 3.40. The van der Waals surface area contributed by atoms with E-state index in [9.17, 15) is 9.67 Å². The predicted octanol–water partition coefficient (Wildman–Crippen LogP) is 5.46. The van der Waals surface area contributed by atoms with Crippen LogP contribution in [0.5, 0.6) is 11.5 Å². The fourth-order valence-electron chi connectivity index (χ4n) is 4.47. The van der Waals surface area contributed by atoms with E-state index in [1.165, 1.54) is 6.33 Å². The van der Waals surface area contributed by atoms with Crippen LogP contribution in [0.15, 0.2) is 61.2 Å². The highest BCUT2D eigenvalue weighted by atomic mass is 33.1. The summed E-state index contributed by atoms with van der Waals surface area (Å²) < 4.78 is 39.6. The van der Waals surface area contributed by atoms with Crippen molar-refractivity contribution >= 4 is 46.2 Å². The molecule has 1 saturated heterocycles. The highest BCUT2D eigenvalue weighted by Gasteiger charge is 2.36. The molecule has 11 nitrogen and oxygen atoms in total. The van der Waals surface area contributed by atoms with Gasteiger partial charge in [0.15, 0.2) is 17.8 Å². The lowest BCUT2D eigenvalue weighted by molar-refractivity contribution is 0.0672. The van der Waals surface area contributed by atoms with Gasteiger partial charge < -0.3 is 29.4 Å².